The minimum atomic E-state index is -0.651. The van der Waals surface area contributed by atoms with Gasteiger partial charge in [0.1, 0.15) is 5.82 Å². The van der Waals surface area contributed by atoms with Crippen LogP contribution in [-0.2, 0) is 0 Å². The molecule has 0 aliphatic rings. The Morgan fingerprint density at radius 1 is 1.41 bits per heavy atom. The van der Waals surface area contributed by atoms with E-state index in [0.29, 0.717) is 13.1 Å². The Labute approximate surface area is 101 Å². The molecule has 0 fully saturated rings. The van der Waals surface area contributed by atoms with Gasteiger partial charge in [-0.2, -0.15) is 0 Å². The molecule has 1 atom stereocenters. The van der Waals surface area contributed by atoms with E-state index in [0.717, 1.165) is 17.7 Å². The molecule has 0 aliphatic heterocycles. The molecule has 0 amide bonds. The summed E-state index contributed by atoms with van der Waals surface area (Å²) in [6, 6.07) is 4.39. The monoisotopic (exact) mass is 241 g/mol. The number of aliphatic hydroxyl groups is 2. The van der Waals surface area contributed by atoms with Crippen LogP contribution in [0, 0.1) is 12.7 Å². The highest BCUT2D eigenvalue weighted by Gasteiger charge is 2.14. The summed E-state index contributed by atoms with van der Waals surface area (Å²) in [7, 11) is 0. The van der Waals surface area contributed by atoms with Gasteiger partial charge in [0.15, 0.2) is 0 Å². The van der Waals surface area contributed by atoms with Gasteiger partial charge in [-0.25, -0.2) is 4.39 Å². The zero-order valence-electron chi connectivity index (χ0n) is 10.4. The number of likely N-dealkylation sites (N-methyl/N-ethyl adjacent to an activating group) is 1. The third-order valence-corrected chi connectivity index (χ3v) is 2.89. The molecular weight excluding hydrogens is 221 g/mol. The molecule has 0 saturated heterocycles. The Bertz CT molecular complexity index is 357. The Morgan fingerprint density at radius 3 is 2.65 bits per heavy atom. The summed E-state index contributed by atoms with van der Waals surface area (Å²) in [5.74, 6) is -0.291. The van der Waals surface area contributed by atoms with Crippen molar-refractivity contribution in [2.24, 2.45) is 0 Å². The maximum atomic E-state index is 12.9. The summed E-state index contributed by atoms with van der Waals surface area (Å²) >= 11 is 0. The van der Waals surface area contributed by atoms with Crippen molar-refractivity contribution in [3.05, 3.63) is 35.1 Å². The molecule has 0 spiro atoms. The molecule has 1 aromatic carbocycles. The van der Waals surface area contributed by atoms with Crippen molar-refractivity contribution in [2.75, 3.05) is 26.2 Å². The topological polar surface area (TPSA) is 43.7 Å². The van der Waals surface area contributed by atoms with Crippen molar-refractivity contribution in [1.82, 2.24) is 4.90 Å². The first kappa shape index (κ1) is 14.1. The van der Waals surface area contributed by atoms with Gasteiger partial charge in [-0.3, -0.25) is 4.90 Å². The number of aryl methyl sites for hydroxylation is 1. The SMILES string of the molecule is CCN(CCO)CC(O)c1ccc(F)cc1C. The molecule has 17 heavy (non-hydrogen) atoms. The molecule has 1 unspecified atom stereocenters. The van der Waals surface area contributed by atoms with Crippen LogP contribution in [-0.4, -0.2) is 41.4 Å². The summed E-state index contributed by atoms with van der Waals surface area (Å²) in [5.41, 5.74) is 1.49. The van der Waals surface area contributed by atoms with Crippen molar-refractivity contribution >= 4 is 0 Å². The molecule has 2 N–H and O–H groups in total. The molecular formula is C13H20FNO2. The van der Waals surface area contributed by atoms with Gasteiger partial charge in [-0.15, -0.1) is 0 Å². The third kappa shape index (κ3) is 4.07. The third-order valence-electron chi connectivity index (χ3n) is 2.89. The molecule has 1 rings (SSSR count). The first-order valence-electron chi connectivity index (χ1n) is 5.85. The number of aliphatic hydroxyl groups excluding tert-OH is 2. The molecule has 0 heterocycles. The average Bonchev–Trinajstić information content (AvgIpc) is 2.28. The molecule has 96 valence electrons. The number of benzene rings is 1. The lowest BCUT2D eigenvalue weighted by atomic mass is 10.0. The second-order valence-corrected chi connectivity index (χ2v) is 4.13. The van der Waals surface area contributed by atoms with Gasteiger partial charge in [-0.05, 0) is 36.7 Å². The van der Waals surface area contributed by atoms with Crippen LogP contribution < -0.4 is 0 Å². The normalized spacial score (nSPS) is 13.1. The van der Waals surface area contributed by atoms with Crippen LogP contribution in [0.4, 0.5) is 4.39 Å². The van der Waals surface area contributed by atoms with Gasteiger partial charge in [0.25, 0.3) is 0 Å². The number of halogens is 1. The molecule has 0 aliphatic carbocycles. The van der Waals surface area contributed by atoms with E-state index < -0.39 is 6.10 Å². The molecule has 1 aromatic rings. The zero-order valence-corrected chi connectivity index (χ0v) is 10.4. The van der Waals surface area contributed by atoms with Gasteiger partial charge in [0.05, 0.1) is 12.7 Å². The minimum absolute atomic E-state index is 0.0724. The zero-order chi connectivity index (χ0) is 12.8. The minimum Gasteiger partial charge on any atom is -0.395 e. The fraction of sp³-hybridized carbons (Fsp3) is 0.538. The molecule has 0 aromatic heterocycles. The van der Waals surface area contributed by atoms with E-state index in [1.165, 1.54) is 12.1 Å². The molecule has 4 heteroatoms. The Kier molecular flexibility index (Phi) is 5.55. The number of hydrogen-bond donors (Lipinski definition) is 2. The number of rotatable bonds is 6. The van der Waals surface area contributed by atoms with Crippen LogP contribution in [0.1, 0.15) is 24.2 Å². The lowest BCUT2D eigenvalue weighted by Crippen LogP contribution is -2.31. The largest absolute Gasteiger partial charge is 0.395 e. The summed E-state index contributed by atoms with van der Waals surface area (Å²) < 4.78 is 12.9. The first-order chi connectivity index (χ1) is 8.08. The fourth-order valence-corrected chi connectivity index (χ4v) is 1.88. The molecule has 0 radical (unpaired) electrons. The predicted molar refractivity (Wildman–Crippen MR) is 65.3 cm³/mol. The van der Waals surface area contributed by atoms with Gasteiger partial charge < -0.3 is 10.2 Å². The summed E-state index contributed by atoms with van der Waals surface area (Å²) in [6.07, 6.45) is -0.651. The Morgan fingerprint density at radius 2 is 2.12 bits per heavy atom. The number of hydrogen-bond acceptors (Lipinski definition) is 3. The highest BCUT2D eigenvalue weighted by molar-refractivity contribution is 5.28. The molecule has 0 bridgehead atoms. The first-order valence-corrected chi connectivity index (χ1v) is 5.85. The van der Waals surface area contributed by atoms with E-state index in [2.05, 4.69) is 0 Å². The molecule has 0 saturated carbocycles. The Hall–Kier alpha value is -0.970. The fourth-order valence-electron chi connectivity index (χ4n) is 1.88. The lowest BCUT2D eigenvalue weighted by molar-refractivity contribution is 0.103. The van der Waals surface area contributed by atoms with Gasteiger partial charge in [0, 0.05) is 13.1 Å². The highest BCUT2D eigenvalue weighted by Crippen LogP contribution is 2.19. The molecule has 3 nitrogen and oxygen atoms in total. The van der Waals surface area contributed by atoms with Gasteiger partial charge in [0.2, 0.25) is 0 Å². The van der Waals surface area contributed by atoms with Crippen LogP contribution in [0.3, 0.4) is 0 Å². The second-order valence-electron chi connectivity index (χ2n) is 4.13. The quantitative estimate of drug-likeness (QED) is 0.793. The van der Waals surface area contributed by atoms with Crippen LogP contribution in [0.25, 0.3) is 0 Å². The van der Waals surface area contributed by atoms with Crippen molar-refractivity contribution < 1.29 is 14.6 Å². The standard InChI is InChI=1S/C13H20FNO2/c1-3-15(6-7-16)9-13(17)12-5-4-11(14)8-10(12)2/h4-5,8,13,16-17H,3,6-7,9H2,1-2H3. The van der Waals surface area contributed by atoms with E-state index in [1.807, 2.05) is 11.8 Å². The maximum Gasteiger partial charge on any atom is 0.123 e. The van der Waals surface area contributed by atoms with Crippen LogP contribution in [0.5, 0.6) is 0 Å². The van der Waals surface area contributed by atoms with Crippen molar-refractivity contribution in [1.29, 1.82) is 0 Å². The van der Waals surface area contributed by atoms with Crippen LogP contribution >= 0.6 is 0 Å². The number of nitrogens with zero attached hydrogens (tertiary/aromatic N) is 1. The van der Waals surface area contributed by atoms with E-state index in [-0.39, 0.29) is 12.4 Å². The van der Waals surface area contributed by atoms with E-state index in [1.54, 1.807) is 13.0 Å². The van der Waals surface area contributed by atoms with Gasteiger partial charge >= 0.3 is 0 Å². The van der Waals surface area contributed by atoms with Crippen LogP contribution in [0.2, 0.25) is 0 Å². The van der Waals surface area contributed by atoms with E-state index in [4.69, 9.17) is 5.11 Å². The maximum absolute atomic E-state index is 12.9. The van der Waals surface area contributed by atoms with Crippen LogP contribution in [0.15, 0.2) is 18.2 Å². The summed E-state index contributed by atoms with van der Waals surface area (Å²) in [4.78, 5) is 1.95. The summed E-state index contributed by atoms with van der Waals surface area (Å²) in [5, 5.41) is 18.9. The highest BCUT2D eigenvalue weighted by atomic mass is 19.1. The van der Waals surface area contributed by atoms with Crippen molar-refractivity contribution in [2.45, 2.75) is 20.0 Å². The summed E-state index contributed by atoms with van der Waals surface area (Å²) in [6.45, 7) is 5.57. The second kappa shape index (κ2) is 6.69. The van der Waals surface area contributed by atoms with Crippen molar-refractivity contribution in [3.8, 4) is 0 Å². The predicted octanol–water partition coefficient (Wildman–Crippen LogP) is 1.48. The smallest absolute Gasteiger partial charge is 0.123 e. The van der Waals surface area contributed by atoms with E-state index in [9.17, 15) is 9.50 Å². The van der Waals surface area contributed by atoms with E-state index >= 15 is 0 Å². The van der Waals surface area contributed by atoms with Crippen molar-refractivity contribution in [3.63, 3.8) is 0 Å². The average molecular weight is 241 g/mol. The lowest BCUT2D eigenvalue weighted by Gasteiger charge is -2.23. The Balaban J connectivity index is 2.71. The van der Waals surface area contributed by atoms with Gasteiger partial charge in [-0.1, -0.05) is 13.0 Å².